The smallest absolute Gasteiger partial charge is 0.407 e. The molecule has 1 heterocycles. The maximum absolute atomic E-state index is 12.4. The zero-order valence-corrected chi connectivity index (χ0v) is 18.3. The van der Waals surface area contributed by atoms with Crippen LogP contribution in [0.5, 0.6) is 0 Å². The van der Waals surface area contributed by atoms with E-state index < -0.39 is 11.7 Å². The van der Waals surface area contributed by atoms with Crippen molar-refractivity contribution >= 4 is 23.0 Å². The van der Waals surface area contributed by atoms with Gasteiger partial charge in [-0.1, -0.05) is 42.1 Å². The Morgan fingerprint density at radius 2 is 1.79 bits per heavy atom. The Hall–Kier alpha value is -1.57. The fourth-order valence-electron chi connectivity index (χ4n) is 2.95. The lowest BCUT2D eigenvalue weighted by molar-refractivity contribution is -0.112. The van der Waals surface area contributed by atoms with Gasteiger partial charge in [-0.05, 0) is 39.8 Å². The molecule has 1 amide bonds. The lowest BCUT2D eigenvalue weighted by Crippen LogP contribution is -2.46. The molecule has 2 rings (SSSR count). The third kappa shape index (κ3) is 9.08. The van der Waals surface area contributed by atoms with Crippen LogP contribution in [0.25, 0.3) is 0 Å². The third-order valence-electron chi connectivity index (χ3n) is 4.44. The predicted octanol–water partition coefficient (Wildman–Crippen LogP) is 2.63. The molecular formula is C21H33N3O3S. The van der Waals surface area contributed by atoms with E-state index in [9.17, 15) is 9.59 Å². The van der Waals surface area contributed by atoms with E-state index in [-0.39, 0.29) is 11.2 Å². The summed E-state index contributed by atoms with van der Waals surface area (Å²) in [6.45, 7) is 9.82. The molecule has 1 saturated heterocycles. The maximum atomic E-state index is 12.4. The van der Waals surface area contributed by atoms with Crippen molar-refractivity contribution in [3.05, 3.63) is 35.9 Å². The molecule has 1 N–H and O–H groups in total. The monoisotopic (exact) mass is 407 g/mol. The van der Waals surface area contributed by atoms with Crippen molar-refractivity contribution < 1.29 is 14.3 Å². The Bertz CT molecular complexity index is 626. The summed E-state index contributed by atoms with van der Waals surface area (Å²) in [5.41, 5.74) is 0.571. The average molecular weight is 408 g/mol. The van der Waals surface area contributed by atoms with Gasteiger partial charge in [0, 0.05) is 38.0 Å². The van der Waals surface area contributed by atoms with Gasteiger partial charge in [0.05, 0.1) is 6.54 Å². The summed E-state index contributed by atoms with van der Waals surface area (Å²) >= 11 is 1.29. The minimum Gasteiger partial charge on any atom is -0.444 e. The van der Waals surface area contributed by atoms with Gasteiger partial charge in [-0.3, -0.25) is 9.69 Å². The molecule has 0 saturated carbocycles. The van der Waals surface area contributed by atoms with Crippen molar-refractivity contribution in [2.24, 2.45) is 0 Å². The summed E-state index contributed by atoms with van der Waals surface area (Å²) in [6.07, 6.45) is 0.218. The highest BCUT2D eigenvalue weighted by molar-refractivity contribution is 8.13. The molecule has 0 aromatic heterocycles. The normalized spacial score (nSPS) is 17.1. The van der Waals surface area contributed by atoms with Crippen molar-refractivity contribution in [2.45, 2.75) is 38.8 Å². The van der Waals surface area contributed by atoms with Crippen molar-refractivity contribution in [1.82, 2.24) is 15.1 Å². The number of carbonyl (C=O) groups is 2. The maximum Gasteiger partial charge on any atom is 0.407 e. The fraction of sp³-hybridized carbons (Fsp3) is 0.619. The highest BCUT2D eigenvalue weighted by Crippen LogP contribution is 2.13. The number of hydrogen-bond donors (Lipinski definition) is 1. The number of rotatable bonds is 7. The standard InChI is InChI=1S/C21H33N3O3S/c1-21(2,3)27-20(26)22-18(14-17-8-6-5-7-9-17)16-28-19(25)15-24-12-10-23(4)11-13-24/h5-9,18H,10-16H2,1-4H3,(H,22,26). The molecule has 6 nitrogen and oxygen atoms in total. The first-order chi connectivity index (χ1) is 13.2. The second-order valence-corrected chi connectivity index (χ2v) is 9.37. The molecule has 1 fully saturated rings. The van der Waals surface area contributed by atoms with E-state index in [0.29, 0.717) is 18.7 Å². The molecule has 0 spiro atoms. The first kappa shape index (κ1) is 22.7. The van der Waals surface area contributed by atoms with Gasteiger partial charge in [-0.15, -0.1) is 0 Å². The van der Waals surface area contributed by atoms with Crippen LogP contribution in [0.4, 0.5) is 4.79 Å². The summed E-state index contributed by atoms with van der Waals surface area (Å²) in [5.74, 6) is 0.528. The summed E-state index contributed by atoms with van der Waals surface area (Å²) in [6, 6.07) is 9.81. The zero-order valence-electron chi connectivity index (χ0n) is 17.4. The van der Waals surface area contributed by atoms with E-state index in [0.717, 1.165) is 31.7 Å². The molecule has 1 atom stereocenters. The van der Waals surface area contributed by atoms with Crippen molar-refractivity contribution in [3.8, 4) is 0 Å². The Labute approximate surface area is 173 Å². The van der Waals surface area contributed by atoms with Crippen LogP contribution >= 0.6 is 11.8 Å². The quantitative estimate of drug-likeness (QED) is 0.750. The molecule has 0 bridgehead atoms. The van der Waals surface area contributed by atoms with Gasteiger partial charge in [0.25, 0.3) is 0 Å². The number of benzene rings is 1. The van der Waals surface area contributed by atoms with Crippen LogP contribution in [0.15, 0.2) is 30.3 Å². The first-order valence-corrected chi connectivity index (χ1v) is 10.8. The Balaban J connectivity index is 1.87. The van der Waals surface area contributed by atoms with Crippen molar-refractivity contribution in [1.29, 1.82) is 0 Å². The number of ether oxygens (including phenoxy) is 1. The number of piperazine rings is 1. The second kappa shape index (κ2) is 10.8. The van der Waals surface area contributed by atoms with Crippen molar-refractivity contribution in [2.75, 3.05) is 45.5 Å². The molecule has 0 aliphatic carbocycles. The number of nitrogens with one attached hydrogen (secondary N) is 1. The van der Waals surface area contributed by atoms with E-state index in [1.54, 1.807) is 0 Å². The molecule has 7 heteroatoms. The number of nitrogens with zero attached hydrogens (tertiary/aromatic N) is 2. The highest BCUT2D eigenvalue weighted by Gasteiger charge is 2.22. The molecule has 1 aliphatic rings. The van der Waals surface area contributed by atoms with Crippen LogP contribution in [-0.2, 0) is 16.0 Å². The lowest BCUT2D eigenvalue weighted by atomic mass is 10.1. The van der Waals surface area contributed by atoms with Crippen LogP contribution in [0.3, 0.4) is 0 Å². The van der Waals surface area contributed by atoms with Gasteiger partial charge in [-0.25, -0.2) is 4.79 Å². The molecule has 1 aromatic rings. The molecule has 156 valence electrons. The molecule has 0 radical (unpaired) electrons. The number of alkyl carbamates (subject to hydrolysis) is 1. The summed E-state index contributed by atoms with van der Waals surface area (Å²) < 4.78 is 5.39. The molecule has 1 aromatic carbocycles. The summed E-state index contributed by atoms with van der Waals surface area (Å²) in [7, 11) is 2.10. The zero-order chi connectivity index (χ0) is 20.6. The van der Waals surface area contributed by atoms with E-state index >= 15 is 0 Å². The molecule has 28 heavy (non-hydrogen) atoms. The van der Waals surface area contributed by atoms with Crippen LogP contribution in [0, 0.1) is 0 Å². The summed E-state index contributed by atoms with van der Waals surface area (Å²) in [4.78, 5) is 29.1. The van der Waals surface area contributed by atoms with Crippen LogP contribution in [0.1, 0.15) is 26.3 Å². The molecule has 1 unspecified atom stereocenters. The third-order valence-corrected chi connectivity index (χ3v) is 5.46. The van der Waals surface area contributed by atoms with Crippen LogP contribution < -0.4 is 5.32 Å². The number of likely N-dealkylation sites (N-methyl/N-ethyl adjacent to an activating group) is 1. The number of hydrogen-bond acceptors (Lipinski definition) is 6. The molecular weight excluding hydrogens is 374 g/mol. The van der Waals surface area contributed by atoms with Gasteiger partial charge >= 0.3 is 6.09 Å². The number of thioether (sulfide) groups is 1. The minimum absolute atomic E-state index is 0.147. The Morgan fingerprint density at radius 3 is 2.39 bits per heavy atom. The number of amides is 1. The minimum atomic E-state index is -0.550. The van der Waals surface area contributed by atoms with E-state index in [4.69, 9.17) is 4.74 Å². The Morgan fingerprint density at radius 1 is 1.14 bits per heavy atom. The van der Waals surface area contributed by atoms with Crippen LogP contribution in [0.2, 0.25) is 0 Å². The summed E-state index contributed by atoms with van der Waals surface area (Å²) in [5, 5.41) is 3.08. The average Bonchev–Trinajstić information content (AvgIpc) is 2.61. The van der Waals surface area contributed by atoms with Crippen LogP contribution in [-0.4, -0.2) is 78.2 Å². The Kier molecular flexibility index (Phi) is 8.79. The van der Waals surface area contributed by atoms with Gasteiger partial charge in [0.15, 0.2) is 0 Å². The van der Waals surface area contributed by atoms with Crippen molar-refractivity contribution in [3.63, 3.8) is 0 Å². The van der Waals surface area contributed by atoms with Gasteiger partial charge in [-0.2, -0.15) is 0 Å². The SMILES string of the molecule is CN1CCN(CC(=O)SCC(Cc2ccccc2)NC(=O)OC(C)(C)C)CC1. The van der Waals surface area contributed by atoms with E-state index in [2.05, 4.69) is 22.2 Å². The number of carbonyl (C=O) groups excluding carboxylic acids is 2. The first-order valence-electron chi connectivity index (χ1n) is 9.81. The van der Waals surface area contributed by atoms with Gasteiger partial charge in [0.1, 0.15) is 5.60 Å². The second-order valence-electron chi connectivity index (χ2n) is 8.30. The fourth-order valence-corrected chi connectivity index (χ4v) is 3.81. The predicted molar refractivity (Wildman–Crippen MR) is 115 cm³/mol. The van der Waals surface area contributed by atoms with E-state index in [1.807, 2.05) is 51.1 Å². The van der Waals surface area contributed by atoms with E-state index in [1.165, 1.54) is 11.8 Å². The molecule has 1 aliphatic heterocycles. The lowest BCUT2D eigenvalue weighted by Gasteiger charge is -2.31. The van der Waals surface area contributed by atoms with Gasteiger partial charge < -0.3 is 15.0 Å². The topological polar surface area (TPSA) is 61.9 Å². The largest absolute Gasteiger partial charge is 0.444 e. The van der Waals surface area contributed by atoms with Gasteiger partial charge in [0.2, 0.25) is 5.12 Å². The highest BCUT2D eigenvalue weighted by atomic mass is 32.2.